The van der Waals surface area contributed by atoms with Crippen LogP contribution in [0.5, 0.6) is 0 Å². The van der Waals surface area contributed by atoms with Gasteiger partial charge in [-0.25, -0.2) is 4.79 Å². The fraction of sp³-hybridized carbons (Fsp3) is 0.900. The number of nitrogens with one attached hydrogen (secondary N) is 3. The molecule has 82 valence electrons. The van der Waals surface area contributed by atoms with Crippen LogP contribution in [0.4, 0.5) is 4.79 Å². The van der Waals surface area contributed by atoms with E-state index in [1.54, 1.807) is 0 Å². The summed E-state index contributed by atoms with van der Waals surface area (Å²) in [6, 6.07) is -0.0365. The van der Waals surface area contributed by atoms with Gasteiger partial charge in [0.15, 0.2) is 0 Å². The number of rotatable bonds is 4. The first kappa shape index (κ1) is 11.3. The molecule has 2 amide bonds. The van der Waals surface area contributed by atoms with Gasteiger partial charge in [0, 0.05) is 13.1 Å². The monoisotopic (exact) mass is 199 g/mol. The molecular formula is C10H21N3O. The Hall–Kier alpha value is -0.770. The molecule has 4 heteroatoms. The van der Waals surface area contributed by atoms with Crippen LogP contribution in [0.25, 0.3) is 0 Å². The van der Waals surface area contributed by atoms with Crippen molar-refractivity contribution in [3.63, 3.8) is 0 Å². The fourth-order valence-corrected chi connectivity index (χ4v) is 1.49. The van der Waals surface area contributed by atoms with E-state index in [9.17, 15) is 4.79 Å². The minimum absolute atomic E-state index is 0.0365. The van der Waals surface area contributed by atoms with E-state index < -0.39 is 0 Å². The van der Waals surface area contributed by atoms with E-state index in [2.05, 4.69) is 29.8 Å². The normalized spacial score (nSPS) is 21.2. The summed E-state index contributed by atoms with van der Waals surface area (Å²) in [5, 5.41) is 9.00. The minimum atomic E-state index is -0.0365. The van der Waals surface area contributed by atoms with Crippen molar-refractivity contribution < 1.29 is 4.79 Å². The highest BCUT2D eigenvalue weighted by Gasteiger charge is 2.14. The lowest BCUT2D eigenvalue weighted by Crippen LogP contribution is -2.40. The highest BCUT2D eigenvalue weighted by atomic mass is 16.2. The number of hydrogen-bond acceptors (Lipinski definition) is 2. The van der Waals surface area contributed by atoms with E-state index in [4.69, 9.17) is 0 Å². The van der Waals surface area contributed by atoms with Crippen LogP contribution in [0.1, 0.15) is 20.3 Å². The maximum Gasteiger partial charge on any atom is 0.314 e. The Labute approximate surface area is 85.8 Å². The molecule has 3 N–H and O–H groups in total. The molecule has 0 aliphatic carbocycles. The van der Waals surface area contributed by atoms with Crippen molar-refractivity contribution in [3.8, 4) is 0 Å². The van der Waals surface area contributed by atoms with Crippen molar-refractivity contribution >= 4 is 6.03 Å². The molecule has 14 heavy (non-hydrogen) atoms. The molecule has 0 aromatic rings. The second-order valence-electron chi connectivity index (χ2n) is 4.34. The maximum absolute atomic E-state index is 11.3. The van der Waals surface area contributed by atoms with Gasteiger partial charge in [-0.1, -0.05) is 13.8 Å². The SMILES string of the molecule is CC(C)CNC(=O)NCC1CCNC1. The van der Waals surface area contributed by atoms with Gasteiger partial charge < -0.3 is 16.0 Å². The molecular weight excluding hydrogens is 178 g/mol. The van der Waals surface area contributed by atoms with Gasteiger partial charge in [-0.05, 0) is 31.3 Å². The van der Waals surface area contributed by atoms with Gasteiger partial charge in [0.2, 0.25) is 0 Å². The molecule has 1 saturated heterocycles. The zero-order chi connectivity index (χ0) is 10.4. The van der Waals surface area contributed by atoms with E-state index in [1.165, 1.54) is 6.42 Å². The van der Waals surface area contributed by atoms with Crippen LogP contribution in [0.3, 0.4) is 0 Å². The third-order valence-electron chi connectivity index (χ3n) is 2.38. The first-order chi connectivity index (χ1) is 6.68. The molecule has 1 rings (SSSR count). The Kier molecular flexibility index (Phi) is 4.73. The molecule has 1 atom stereocenters. The molecule has 0 radical (unpaired) electrons. The molecule has 1 heterocycles. The lowest BCUT2D eigenvalue weighted by Gasteiger charge is -2.12. The van der Waals surface area contributed by atoms with Gasteiger partial charge in [-0.15, -0.1) is 0 Å². The zero-order valence-electron chi connectivity index (χ0n) is 9.10. The zero-order valence-corrected chi connectivity index (χ0v) is 9.10. The molecule has 4 nitrogen and oxygen atoms in total. The van der Waals surface area contributed by atoms with Crippen LogP contribution < -0.4 is 16.0 Å². The van der Waals surface area contributed by atoms with Crippen molar-refractivity contribution in [1.29, 1.82) is 0 Å². The molecule has 1 aliphatic rings. The minimum Gasteiger partial charge on any atom is -0.338 e. The van der Waals surface area contributed by atoms with Crippen LogP contribution in [-0.4, -0.2) is 32.2 Å². The number of urea groups is 1. The number of amides is 2. The van der Waals surface area contributed by atoms with E-state index in [1.807, 2.05) is 0 Å². The summed E-state index contributed by atoms with van der Waals surface area (Å²) in [4.78, 5) is 11.3. The molecule has 1 aliphatic heterocycles. The molecule has 0 aromatic heterocycles. The number of carbonyl (C=O) groups is 1. The summed E-state index contributed by atoms with van der Waals surface area (Å²) in [5.41, 5.74) is 0. The third-order valence-corrected chi connectivity index (χ3v) is 2.38. The van der Waals surface area contributed by atoms with Crippen molar-refractivity contribution in [3.05, 3.63) is 0 Å². The van der Waals surface area contributed by atoms with Crippen molar-refractivity contribution in [2.75, 3.05) is 26.2 Å². The smallest absolute Gasteiger partial charge is 0.314 e. The summed E-state index contributed by atoms with van der Waals surface area (Å²) >= 11 is 0. The van der Waals surface area contributed by atoms with Crippen LogP contribution in [0.2, 0.25) is 0 Å². The topological polar surface area (TPSA) is 53.2 Å². The lowest BCUT2D eigenvalue weighted by molar-refractivity contribution is 0.238. The summed E-state index contributed by atoms with van der Waals surface area (Å²) in [6.45, 7) is 7.82. The molecule has 1 fully saturated rings. The average molecular weight is 199 g/mol. The van der Waals surface area contributed by atoms with E-state index in [0.717, 1.165) is 26.2 Å². The lowest BCUT2D eigenvalue weighted by atomic mass is 10.1. The van der Waals surface area contributed by atoms with Crippen molar-refractivity contribution in [2.45, 2.75) is 20.3 Å². The van der Waals surface area contributed by atoms with Crippen LogP contribution >= 0.6 is 0 Å². The summed E-state index contributed by atoms with van der Waals surface area (Å²) < 4.78 is 0. The largest absolute Gasteiger partial charge is 0.338 e. The maximum atomic E-state index is 11.3. The Morgan fingerprint density at radius 3 is 2.86 bits per heavy atom. The van der Waals surface area contributed by atoms with E-state index in [0.29, 0.717) is 11.8 Å². The molecule has 0 saturated carbocycles. The van der Waals surface area contributed by atoms with Gasteiger partial charge in [-0.2, -0.15) is 0 Å². The first-order valence-corrected chi connectivity index (χ1v) is 5.41. The average Bonchev–Trinajstić information content (AvgIpc) is 2.63. The van der Waals surface area contributed by atoms with Crippen molar-refractivity contribution in [1.82, 2.24) is 16.0 Å². The molecule has 0 bridgehead atoms. The molecule has 1 unspecified atom stereocenters. The quantitative estimate of drug-likeness (QED) is 0.619. The van der Waals surface area contributed by atoms with Gasteiger partial charge in [-0.3, -0.25) is 0 Å². The van der Waals surface area contributed by atoms with Crippen molar-refractivity contribution in [2.24, 2.45) is 11.8 Å². The van der Waals surface area contributed by atoms with Crippen LogP contribution in [0, 0.1) is 11.8 Å². The predicted octanol–water partition coefficient (Wildman–Crippen LogP) is 0.551. The summed E-state index contributed by atoms with van der Waals surface area (Å²) in [5.74, 6) is 1.12. The third kappa shape index (κ3) is 4.46. The Balaban J connectivity index is 2.02. The highest BCUT2D eigenvalue weighted by molar-refractivity contribution is 5.73. The Morgan fingerprint density at radius 2 is 2.29 bits per heavy atom. The van der Waals surface area contributed by atoms with Gasteiger partial charge in [0.1, 0.15) is 0 Å². The predicted molar refractivity (Wildman–Crippen MR) is 57.2 cm³/mol. The fourth-order valence-electron chi connectivity index (χ4n) is 1.49. The van der Waals surface area contributed by atoms with E-state index in [-0.39, 0.29) is 6.03 Å². The second-order valence-corrected chi connectivity index (χ2v) is 4.34. The molecule has 0 spiro atoms. The highest BCUT2D eigenvalue weighted by Crippen LogP contribution is 2.04. The van der Waals surface area contributed by atoms with E-state index >= 15 is 0 Å². The Bertz CT molecular complexity index is 176. The Morgan fingerprint density at radius 1 is 1.50 bits per heavy atom. The van der Waals surface area contributed by atoms with Gasteiger partial charge in [0.25, 0.3) is 0 Å². The van der Waals surface area contributed by atoms with Crippen LogP contribution in [-0.2, 0) is 0 Å². The summed E-state index contributed by atoms with van der Waals surface area (Å²) in [6.07, 6.45) is 1.17. The standard InChI is InChI=1S/C10H21N3O/c1-8(2)5-12-10(14)13-7-9-3-4-11-6-9/h8-9,11H,3-7H2,1-2H3,(H2,12,13,14). The van der Waals surface area contributed by atoms with Gasteiger partial charge in [0.05, 0.1) is 0 Å². The molecule has 0 aromatic carbocycles. The summed E-state index contributed by atoms with van der Waals surface area (Å²) in [7, 11) is 0. The number of carbonyl (C=O) groups excluding carboxylic acids is 1. The van der Waals surface area contributed by atoms with Gasteiger partial charge >= 0.3 is 6.03 Å². The van der Waals surface area contributed by atoms with Crippen LogP contribution in [0.15, 0.2) is 0 Å². The number of hydrogen-bond donors (Lipinski definition) is 3. The second kappa shape index (κ2) is 5.86. The first-order valence-electron chi connectivity index (χ1n) is 5.41.